The highest BCUT2D eigenvalue weighted by Crippen LogP contribution is 2.33. The molecule has 278 valence electrons. The standard InChI is InChI=1S/C37H50N4O9S/c1-36(2,3)49-31(43)20-47-26-13-11-23(12-14-26)24-17-25(19-27(18-24)48-21-32(44)50-37(4,5)6)34(45)39-16-15-38-30(42)10-8-7-9-29-33-28(22-51-29)40-35(46)41-33/h11-14,17-19,28-29,33H,7-10,15-16,20-22H2,1-6H3,(H,38,42)(H,39,45)(H2,40,41,46)/t28-,29-,33-/m0/s1. The molecule has 0 aliphatic carbocycles. The summed E-state index contributed by atoms with van der Waals surface area (Å²) in [6, 6.07) is 12.2. The molecule has 0 unspecified atom stereocenters. The van der Waals surface area contributed by atoms with E-state index >= 15 is 0 Å². The molecule has 0 spiro atoms. The molecule has 2 aromatic carbocycles. The zero-order valence-corrected chi connectivity index (χ0v) is 31.0. The van der Waals surface area contributed by atoms with Crippen LogP contribution < -0.4 is 30.7 Å². The van der Waals surface area contributed by atoms with Gasteiger partial charge in [0.1, 0.15) is 22.7 Å². The van der Waals surface area contributed by atoms with Crippen LogP contribution in [0, 0.1) is 0 Å². The fraction of sp³-hybridized carbons (Fsp3) is 0.541. The first kappa shape index (κ1) is 39.3. The van der Waals surface area contributed by atoms with Crippen molar-refractivity contribution < 1.29 is 42.9 Å². The Kier molecular flexibility index (Phi) is 13.6. The fourth-order valence-corrected chi connectivity index (χ4v) is 7.14. The second-order valence-corrected chi connectivity index (χ2v) is 15.8. The number of carbonyl (C=O) groups is 5. The van der Waals surface area contributed by atoms with Gasteiger partial charge in [0.05, 0.1) is 12.1 Å². The summed E-state index contributed by atoms with van der Waals surface area (Å²) in [5, 5.41) is 12.0. The zero-order valence-electron chi connectivity index (χ0n) is 30.2. The van der Waals surface area contributed by atoms with E-state index in [0.29, 0.717) is 34.3 Å². The molecule has 2 aromatic rings. The molecule has 2 fully saturated rings. The second-order valence-electron chi connectivity index (χ2n) is 14.5. The van der Waals surface area contributed by atoms with Gasteiger partial charge in [-0.2, -0.15) is 11.8 Å². The third kappa shape index (κ3) is 13.3. The van der Waals surface area contributed by atoms with Gasteiger partial charge in [-0.3, -0.25) is 9.59 Å². The van der Waals surface area contributed by atoms with Gasteiger partial charge in [0, 0.05) is 36.1 Å². The molecule has 4 rings (SSSR count). The summed E-state index contributed by atoms with van der Waals surface area (Å²) in [6.45, 7) is 10.5. The summed E-state index contributed by atoms with van der Waals surface area (Å²) >= 11 is 1.86. The molecule has 14 heteroatoms. The third-order valence-electron chi connectivity index (χ3n) is 7.72. The molecule has 2 aliphatic heterocycles. The van der Waals surface area contributed by atoms with Crippen LogP contribution in [0.2, 0.25) is 0 Å². The van der Waals surface area contributed by atoms with Crippen LogP contribution in [0.25, 0.3) is 11.1 Å². The van der Waals surface area contributed by atoms with Crippen molar-refractivity contribution in [3.8, 4) is 22.6 Å². The quantitative estimate of drug-likeness (QED) is 0.111. The smallest absolute Gasteiger partial charge is 0.344 e. The lowest BCUT2D eigenvalue weighted by Gasteiger charge is -2.19. The maximum atomic E-state index is 13.2. The first-order valence-corrected chi connectivity index (χ1v) is 18.3. The summed E-state index contributed by atoms with van der Waals surface area (Å²) in [5.74, 6) is 0.161. The summed E-state index contributed by atoms with van der Waals surface area (Å²) in [4.78, 5) is 61.6. The number of hydrogen-bond donors (Lipinski definition) is 4. The molecule has 4 amide bonds. The van der Waals surface area contributed by atoms with Crippen molar-refractivity contribution >= 4 is 41.5 Å². The highest BCUT2D eigenvalue weighted by Gasteiger charge is 2.42. The molecule has 2 heterocycles. The molecule has 13 nitrogen and oxygen atoms in total. The lowest BCUT2D eigenvalue weighted by Crippen LogP contribution is -2.36. The Morgan fingerprint density at radius 3 is 2.06 bits per heavy atom. The van der Waals surface area contributed by atoms with Gasteiger partial charge in [-0.1, -0.05) is 18.6 Å². The second kappa shape index (κ2) is 17.7. The number of rotatable bonds is 16. The predicted octanol–water partition coefficient (Wildman–Crippen LogP) is 4.37. The number of esters is 2. The van der Waals surface area contributed by atoms with E-state index in [2.05, 4.69) is 21.3 Å². The number of fused-ring (bicyclic) bond motifs is 1. The Labute approximate surface area is 303 Å². The highest BCUT2D eigenvalue weighted by molar-refractivity contribution is 8.00. The summed E-state index contributed by atoms with van der Waals surface area (Å²) in [6.07, 6.45) is 2.95. The number of ether oxygens (including phenoxy) is 4. The van der Waals surface area contributed by atoms with Crippen molar-refractivity contribution in [3.05, 3.63) is 48.0 Å². The monoisotopic (exact) mass is 726 g/mol. The average molecular weight is 727 g/mol. The maximum Gasteiger partial charge on any atom is 0.344 e. The highest BCUT2D eigenvalue weighted by atomic mass is 32.2. The van der Waals surface area contributed by atoms with E-state index < -0.39 is 23.1 Å². The van der Waals surface area contributed by atoms with E-state index in [9.17, 15) is 24.0 Å². The molecular weight excluding hydrogens is 676 g/mol. The lowest BCUT2D eigenvalue weighted by atomic mass is 10.0. The molecule has 2 saturated heterocycles. The van der Waals surface area contributed by atoms with E-state index in [-0.39, 0.29) is 56.2 Å². The summed E-state index contributed by atoms with van der Waals surface area (Å²) in [5.41, 5.74) is 0.381. The maximum absolute atomic E-state index is 13.2. The molecule has 0 bridgehead atoms. The Balaban J connectivity index is 1.29. The number of unbranched alkanes of at least 4 members (excludes halogenated alkanes) is 1. The van der Waals surface area contributed by atoms with Gasteiger partial charge < -0.3 is 40.2 Å². The number of benzene rings is 2. The number of carbonyl (C=O) groups excluding carboxylic acids is 5. The number of amides is 4. The molecule has 0 saturated carbocycles. The minimum atomic E-state index is -0.678. The third-order valence-corrected chi connectivity index (χ3v) is 9.23. The zero-order chi connectivity index (χ0) is 37.2. The minimum Gasteiger partial charge on any atom is -0.482 e. The molecule has 3 atom stereocenters. The van der Waals surface area contributed by atoms with Crippen molar-refractivity contribution in [1.29, 1.82) is 0 Å². The molecule has 0 radical (unpaired) electrons. The summed E-state index contributed by atoms with van der Waals surface area (Å²) in [7, 11) is 0. The Hall–Kier alpha value is -4.46. The topological polar surface area (TPSA) is 170 Å². The van der Waals surface area contributed by atoms with E-state index in [1.54, 1.807) is 77.9 Å². The van der Waals surface area contributed by atoms with Crippen LogP contribution in [0.1, 0.15) is 77.6 Å². The van der Waals surface area contributed by atoms with E-state index in [4.69, 9.17) is 18.9 Å². The Bertz CT molecular complexity index is 1550. The van der Waals surface area contributed by atoms with Gasteiger partial charge >= 0.3 is 18.0 Å². The van der Waals surface area contributed by atoms with E-state index in [0.717, 1.165) is 30.6 Å². The van der Waals surface area contributed by atoms with Crippen molar-refractivity contribution in [2.45, 2.75) is 95.8 Å². The van der Waals surface area contributed by atoms with Crippen LogP contribution in [0.5, 0.6) is 11.5 Å². The number of thioether (sulfide) groups is 1. The van der Waals surface area contributed by atoms with Gasteiger partial charge in [-0.15, -0.1) is 0 Å². The van der Waals surface area contributed by atoms with Crippen LogP contribution in [-0.2, 0) is 23.9 Å². The predicted molar refractivity (Wildman–Crippen MR) is 194 cm³/mol. The summed E-state index contributed by atoms with van der Waals surface area (Å²) < 4.78 is 21.9. The van der Waals surface area contributed by atoms with Crippen LogP contribution in [0.3, 0.4) is 0 Å². The number of hydrogen-bond acceptors (Lipinski definition) is 10. The molecule has 0 aromatic heterocycles. The van der Waals surface area contributed by atoms with Crippen LogP contribution in [0.4, 0.5) is 4.79 Å². The van der Waals surface area contributed by atoms with Crippen molar-refractivity contribution in [2.75, 3.05) is 32.1 Å². The normalized spacial score (nSPS) is 18.2. The number of urea groups is 1. The van der Waals surface area contributed by atoms with Crippen LogP contribution >= 0.6 is 11.8 Å². The largest absolute Gasteiger partial charge is 0.482 e. The molecule has 4 N–H and O–H groups in total. The fourth-order valence-electron chi connectivity index (χ4n) is 5.59. The van der Waals surface area contributed by atoms with Crippen LogP contribution in [-0.4, -0.2) is 90.4 Å². The SMILES string of the molecule is CC(C)(C)OC(=O)COc1ccc(-c2cc(OCC(=O)OC(C)(C)C)cc(C(=O)NCCNC(=O)CCCC[C@@H]3SC[C@@H]4NC(=O)N[C@@H]43)c2)cc1. The van der Waals surface area contributed by atoms with E-state index in [1.807, 2.05) is 11.8 Å². The molecule has 2 aliphatic rings. The number of nitrogens with one attached hydrogen (secondary N) is 4. The average Bonchev–Trinajstić information content (AvgIpc) is 3.60. The first-order valence-electron chi connectivity index (χ1n) is 17.2. The van der Waals surface area contributed by atoms with E-state index in [1.165, 1.54) is 6.07 Å². The Morgan fingerprint density at radius 1 is 0.784 bits per heavy atom. The minimum absolute atomic E-state index is 0.0876. The van der Waals surface area contributed by atoms with Gasteiger partial charge in [-0.25, -0.2) is 14.4 Å². The van der Waals surface area contributed by atoms with Crippen molar-refractivity contribution in [3.63, 3.8) is 0 Å². The van der Waals surface area contributed by atoms with Crippen molar-refractivity contribution in [1.82, 2.24) is 21.3 Å². The van der Waals surface area contributed by atoms with Gasteiger partial charge in [0.15, 0.2) is 13.2 Å². The van der Waals surface area contributed by atoms with Crippen molar-refractivity contribution in [2.24, 2.45) is 0 Å². The molecule has 51 heavy (non-hydrogen) atoms. The first-order chi connectivity index (χ1) is 24.0. The molecular formula is C37H50N4O9S. The van der Waals surface area contributed by atoms with Gasteiger partial charge in [0.25, 0.3) is 5.91 Å². The lowest BCUT2D eigenvalue weighted by molar-refractivity contribution is -0.158. The van der Waals surface area contributed by atoms with Crippen LogP contribution in [0.15, 0.2) is 42.5 Å². The van der Waals surface area contributed by atoms with Gasteiger partial charge in [-0.05, 0) is 95.8 Å². The Morgan fingerprint density at radius 2 is 1.41 bits per heavy atom. The van der Waals surface area contributed by atoms with Gasteiger partial charge in [0.2, 0.25) is 5.91 Å².